The minimum atomic E-state index is -0.406. The number of hydrogen-bond acceptors (Lipinski definition) is 4. The van der Waals surface area contributed by atoms with Crippen LogP contribution in [-0.2, 0) is 17.8 Å². The van der Waals surface area contributed by atoms with Crippen LogP contribution in [-0.4, -0.2) is 32.6 Å². The third-order valence-electron chi connectivity index (χ3n) is 3.09. The van der Waals surface area contributed by atoms with E-state index in [9.17, 15) is 9.90 Å². The predicted molar refractivity (Wildman–Crippen MR) is 73.8 cm³/mol. The Bertz CT molecular complexity index is 537. The molecule has 1 aromatic carbocycles. The van der Waals surface area contributed by atoms with Crippen molar-refractivity contribution in [1.29, 1.82) is 0 Å². The summed E-state index contributed by atoms with van der Waals surface area (Å²) in [5.41, 5.74) is 2.11. The summed E-state index contributed by atoms with van der Waals surface area (Å²) in [4.78, 5) is 11.9. The van der Waals surface area contributed by atoms with Gasteiger partial charge < -0.3 is 10.4 Å². The Morgan fingerprint density at radius 3 is 2.70 bits per heavy atom. The second-order valence-electron chi connectivity index (χ2n) is 4.50. The molecule has 6 nitrogen and oxygen atoms in total. The molecule has 1 heterocycles. The van der Waals surface area contributed by atoms with E-state index in [0.29, 0.717) is 0 Å². The lowest BCUT2D eigenvalue weighted by molar-refractivity contribution is -0.123. The van der Waals surface area contributed by atoms with Crippen molar-refractivity contribution in [2.75, 3.05) is 6.61 Å². The smallest absolute Gasteiger partial charge is 0.242 e. The molecular weight excluding hydrogens is 256 g/mol. The zero-order valence-corrected chi connectivity index (χ0v) is 11.4. The van der Waals surface area contributed by atoms with Crippen LogP contribution in [0.25, 0.3) is 0 Å². The summed E-state index contributed by atoms with van der Waals surface area (Å²) in [6, 6.07) is 7.45. The number of carbonyl (C=O) groups is 1. The van der Waals surface area contributed by atoms with E-state index < -0.39 is 6.04 Å². The van der Waals surface area contributed by atoms with E-state index >= 15 is 0 Å². The van der Waals surface area contributed by atoms with Gasteiger partial charge >= 0.3 is 0 Å². The van der Waals surface area contributed by atoms with Crippen LogP contribution < -0.4 is 5.32 Å². The van der Waals surface area contributed by atoms with Gasteiger partial charge in [-0.05, 0) is 17.5 Å². The number of nitrogens with zero attached hydrogens (tertiary/aromatic N) is 3. The molecule has 0 aliphatic heterocycles. The highest BCUT2D eigenvalue weighted by atomic mass is 16.3. The molecule has 0 aliphatic carbocycles. The Balaban J connectivity index is 1.98. The molecule has 1 amide bonds. The van der Waals surface area contributed by atoms with Gasteiger partial charge in [-0.15, -0.1) is 5.10 Å². The van der Waals surface area contributed by atoms with Crippen LogP contribution in [0.2, 0.25) is 0 Å². The van der Waals surface area contributed by atoms with Crippen molar-refractivity contribution in [3.05, 3.63) is 47.8 Å². The number of amides is 1. The fourth-order valence-corrected chi connectivity index (χ4v) is 1.92. The Labute approximate surface area is 117 Å². The van der Waals surface area contributed by atoms with Crippen molar-refractivity contribution in [2.45, 2.75) is 25.9 Å². The molecule has 0 fully saturated rings. The summed E-state index contributed by atoms with van der Waals surface area (Å²) in [7, 11) is 0. The highest BCUT2D eigenvalue weighted by molar-refractivity contribution is 5.76. The summed E-state index contributed by atoms with van der Waals surface area (Å²) in [5, 5.41) is 19.6. The van der Waals surface area contributed by atoms with Gasteiger partial charge in [0.1, 0.15) is 6.54 Å². The van der Waals surface area contributed by atoms with Crippen molar-refractivity contribution < 1.29 is 9.90 Å². The molecule has 2 rings (SSSR count). The van der Waals surface area contributed by atoms with E-state index in [2.05, 4.69) is 22.6 Å². The molecule has 6 heteroatoms. The molecule has 1 atom stereocenters. The highest BCUT2D eigenvalue weighted by Crippen LogP contribution is 2.14. The fourth-order valence-electron chi connectivity index (χ4n) is 1.92. The zero-order valence-electron chi connectivity index (χ0n) is 11.4. The van der Waals surface area contributed by atoms with Gasteiger partial charge in [-0.3, -0.25) is 4.79 Å². The third kappa shape index (κ3) is 3.64. The molecule has 0 saturated carbocycles. The Hall–Kier alpha value is -2.21. The lowest BCUT2D eigenvalue weighted by Gasteiger charge is -2.17. The van der Waals surface area contributed by atoms with Gasteiger partial charge in [0.05, 0.1) is 18.8 Å². The quantitative estimate of drug-likeness (QED) is 0.812. The largest absolute Gasteiger partial charge is 0.394 e. The van der Waals surface area contributed by atoms with Crippen LogP contribution in [0.3, 0.4) is 0 Å². The zero-order chi connectivity index (χ0) is 14.4. The van der Waals surface area contributed by atoms with E-state index in [0.717, 1.165) is 12.0 Å². The molecule has 0 radical (unpaired) electrons. The lowest BCUT2D eigenvalue weighted by Crippen LogP contribution is -2.33. The number of rotatable bonds is 6. The van der Waals surface area contributed by atoms with Crippen LogP contribution in [0.15, 0.2) is 36.7 Å². The molecule has 0 bridgehead atoms. The van der Waals surface area contributed by atoms with Crippen LogP contribution in [0, 0.1) is 0 Å². The molecular formula is C14H18N4O2. The maximum atomic E-state index is 11.9. The first-order valence-corrected chi connectivity index (χ1v) is 6.56. The maximum Gasteiger partial charge on any atom is 0.242 e. The minimum Gasteiger partial charge on any atom is -0.394 e. The van der Waals surface area contributed by atoms with Crippen molar-refractivity contribution in [3.63, 3.8) is 0 Å². The molecule has 106 valence electrons. The first-order chi connectivity index (χ1) is 9.72. The molecule has 1 aromatic heterocycles. The molecule has 2 N–H and O–H groups in total. The average Bonchev–Trinajstić information content (AvgIpc) is 2.97. The van der Waals surface area contributed by atoms with E-state index in [4.69, 9.17) is 0 Å². The van der Waals surface area contributed by atoms with Crippen LogP contribution in [0.1, 0.15) is 24.1 Å². The van der Waals surface area contributed by atoms with Gasteiger partial charge in [0.25, 0.3) is 0 Å². The minimum absolute atomic E-state index is 0.0868. The van der Waals surface area contributed by atoms with Gasteiger partial charge in [0.15, 0.2) is 0 Å². The van der Waals surface area contributed by atoms with Gasteiger partial charge in [-0.2, -0.15) is 0 Å². The molecule has 0 spiro atoms. The number of benzene rings is 1. The number of aryl methyl sites for hydroxylation is 1. The normalized spacial score (nSPS) is 12.1. The van der Waals surface area contributed by atoms with Gasteiger partial charge in [-0.1, -0.05) is 36.4 Å². The number of hydrogen-bond donors (Lipinski definition) is 2. The number of aromatic nitrogens is 3. The van der Waals surface area contributed by atoms with Gasteiger partial charge in [-0.25, -0.2) is 4.68 Å². The molecule has 0 aliphatic rings. The van der Waals surface area contributed by atoms with Gasteiger partial charge in [0, 0.05) is 6.20 Å². The van der Waals surface area contributed by atoms with Crippen molar-refractivity contribution in [2.24, 2.45) is 0 Å². The van der Waals surface area contributed by atoms with Crippen LogP contribution >= 0.6 is 0 Å². The van der Waals surface area contributed by atoms with Crippen molar-refractivity contribution in [3.8, 4) is 0 Å². The second-order valence-corrected chi connectivity index (χ2v) is 4.50. The van der Waals surface area contributed by atoms with Gasteiger partial charge in [0.2, 0.25) is 5.91 Å². The third-order valence-corrected chi connectivity index (χ3v) is 3.09. The first-order valence-electron chi connectivity index (χ1n) is 6.56. The Morgan fingerprint density at radius 2 is 2.15 bits per heavy atom. The molecule has 20 heavy (non-hydrogen) atoms. The monoisotopic (exact) mass is 274 g/mol. The number of aliphatic hydroxyl groups excluding tert-OH is 1. The topological polar surface area (TPSA) is 80.0 Å². The molecule has 0 saturated heterocycles. The fraction of sp³-hybridized carbons (Fsp3) is 0.357. The molecule has 2 aromatic rings. The summed E-state index contributed by atoms with van der Waals surface area (Å²) < 4.78 is 1.43. The van der Waals surface area contributed by atoms with E-state index in [1.165, 1.54) is 16.4 Å². The summed E-state index contributed by atoms with van der Waals surface area (Å²) in [6.07, 6.45) is 4.09. The van der Waals surface area contributed by atoms with E-state index in [-0.39, 0.29) is 19.1 Å². The Morgan fingerprint density at radius 1 is 1.40 bits per heavy atom. The van der Waals surface area contributed by atoms with E-state index in [1.54, 1.807) is 6.20 Å². The SMILES string of the molecule is CCc1ccc(C(CO)NC(=O)Cn2ccnn2)cc1. The first kappa shape index (κ1) is 14.2. The summed E-state index contributed by atoms with van der Waals surface area (Å²) in [5.74, 6) is -0.214. The highest BCUT2D eigenvalue weighted by Gasteiger charge is 2.14. The van der Waals surface area contributed by atoms with Crippen molar-refractivity contribution in [1.82, 2.24) is 20.3 Å². The van der Waals surface area contributed by atoms with Crippen LogP contribution in [0.4, 0.5) is 0 Å². The lowest BCUT2D eigenvalue weighted by atomic mass is 10.0. The summed E-state index contributed by atoms with van der Waals surface area (Å²) >= 11 is 0. The number of aliphatic hydroxyl groups is 1. The maximum absolute atomic E-state index is 11.9. The number of nitrogens with one attached hydrogen (secondary N) is 1. The number of carbonyl (C=O) groups excluding carboxylic acids is 1. The van der Waals surface area contributed by atoms with Crippen LogP contribution in [0.5, 0.6) is 0 Å². The summed E-state index contributed by atoms with van der Waals surface area (Å²) in [6.45, 7) is 2.02. The average molecular weight is 274 g/mol. The van der Waals surface area contributed by atoms with Crippen molar-refractivity contribution >= 4 is 5.91 Å². The Kier molecular flexibility index (Phi) is 4.84. The second kappa shape index (κ2) is 6.81. The van der Waals surface area contributed by atoms with E-state index in [1.807, 2.05) is 24.3 Å². The molecule has 1 unspecified atom stereocenters. The predicted octanol–water partition coefficient (Wildman–Crippen LogP) is 0.690. The standard InChI is InChI=1S/C14H18N4O2/c1-2-11-3-5-12(6-4-11)13(10-19)16-14(20)9-18-8-7-15-17-18/h3-8,13,19H,2,9-10H2,1H3,(H,16,20).